The summed E-state index contributed by atoms with van der Waals surface area (Å²) in [4.78, 5) is 27.1. The molecule has 2 bridgehead atoms. The molecule has 4 atom stereocenters. The summed E-state index contributed by atoms with van der Waals surface area (Å²) < 4.78 is 19.1. The summed E-state index contributed by atoms with van der Waals surface area (Å²) in [5.41, 5.74) is 4.74. The van der Waals surface area contributed by atoms with Crippen LogP contribution in [0.2, 0.25) is 0 Å². The smallest absolute Gasteiger partial charge is 0.338 e. The Hall–Kier alpha value is -4.22. The normalized spacial score (nSPS) is 26.2. The topological polar surface area (TPSA) is 61.8 Å². The zero-order valence-electron chi connectivity index (χ0n) is 22.4. The van der Waals surface area contributed by atoms with Crippen molar-refractivity contribution in [3.63, 3.8) is 0 Å². The number of esters is 2. The fraction of sp³-hybridized carbons (Fsp3) is 0.235. The van der Waals surface area contributed by atoms with E-state index in [1.807, 2.05) is 80.6 Å². The van der Waals surface area contributed by atoms with Crippen molar-refractivity contribution in [1.82, 2.24) is 0 Å². The van der Waals surface area contributed by atoms with Crippen molar-refractivity contribution in [3.8, 4) is 0 Å². The Bertz CT molecular complexity index is 1560. The zero-order valence-corrected chi connectivity index (χ0v) is 22.4. The molecule has 4 aliphatic carbocycles. The van der Waals surface area contributed by atoms with Gasteiger partial charge in [0.2, 0.25) is 0 Å². The van der Waals surface area contributed by atoms with Gasteiger partial charge in [0.15, 0.2) is 12.2 Å². The van der Waals surface area contributed by atoms with Crippen LogP contribution in [0.5, 0.6) is 0 Å². The van der Waals surface area contributed by atoms with Crippen LogP contribution < -0.4 is 0 Å². The Morgan fingerprint density at radius 3 is 1.97 bits per heavy atom. The number of hydrogen-bond donors (Lipinski definition) is 0. The van der Waals surface area contributed by atoms with Gasteiger partial charge in [-0.15, -0.1) is 0 Å². The summed E-state index contributed by atoms with van der Waals surface area (Å²) in [7, 11) is 1.63. The predicted octanol–water partition coefficient (Wildman–Crippen LogP) is 6.51. The summed E-state index contributed by atoms with van der Waals surface area (Å²) in [5, 5.41) is 0. The molecule has 0 spiro atoms. The number of hydrogen-bond acceptors (Lipinski definition) is 5. The van der Waals surface area contributed by atoms with Gasteiger partial charge in [0.25, 0.3) is 0 Å². The molecule has 0 aromatic heterocycles. The van der Waals surface area contributed by atoms with Crippen molar-refractivity contribution in [2.75, 3.05) is 7.11 Å². The minimum Gasteiger partial charge on any atom is -0.451 e. The molecule has 0 radical (unpaired) electrons. The van der Waals surface area contributed by atoms with E-state index in [0.717, 1.165) is 33.4 Å². The van der Waals surface area contributed by atoms with Crippen LogP contribution in [0, 0.1) is 19.3 Å². The number of allylic oxidation sites excluding steroid dienone is 3. The molecule has 2 unspecified atom stereocenters. The summed E-state index contributed by atoms with van der Waals surface area (Å²) in [5.74, 6) is -0.989. The number of benzene rings is 3. The van der Waals surface area contributed by atoms with E-state index in [0.29, 0.717) is 11.1 Å². The average molecular weight is 519 g/mol. The maximum atomic E-state index is 13.6. The SMILES string of the molecule is COC12c3ccccc3C(=C3C=CC=CC31C)[C@H](OC(=O)c1ccc(C)cc1)[C@@H]2OC(=O)c1ccc(C)cc1. The molecule has 0 amide bonds. The first-order chi connectivity index (χ1) is 18.8. The number of fused-ring (bicyclic) bond motifs is 1. The lowest BCUT2D eigenvalue weighted by Gasteiger charge is -2.60. The molecule has 0 heterocycles. The third-order valence-corrected chi connectivity index (χ3v) is 8.37. The second-order valence-corrected chi connectivity index (χ2v) is 10.6. The first-order valence-electron chi connectivity index (χ1n) is 13.1. The lowest BCUT2D eigenvalue weighted by Crippen LogP contribution is -2.66. The standard InChI is InChI=1S/C34H30O5/c1-21-12-16-23(17-13-21)31(35)38-29-28-25-9-5-6-10-26(25)34(37-4,33(3)20-8-7-11-27(28)33)30(29)39-32(36)24-18-14-22(2)15-19-24/h5-20,29-30H,1-4H3/t29-,30-,33?,34?/m0/s1. The number of methoxy groups -OCH3 is 1. The molecule has 0 saturated heterocycles. The van der Waals surface area contributed by atoms with Gasteiger partial charge >= 0.3 is 11.9 Å². The van der Waals surface area contributed by atoms with Gasteiger partial charge < -0.3 is 14.2 Å². The fourth-order valence-corrected chi connectivity index (χ4v) is 6.39. The van der Waals surface area contributed by atoms with Crippen LogP contribution in [-0.4, -0.2) is 31.3 Å². The quantitative estimate of drug-likeness (QED) is 0.361. The van der Waals surface area contributed by atoms with E-state index in [2.05, 4.69) is 13.0 Å². The summed E-state index contributed by atoms with van der Waals surface area (Å²) in [6.45, 7) is 6.02. The van der Waals surface area contributed by atoms with Crippen LogP contribution in [0.4, 0.5) is 0 Å². The summed E-state index contributed by atoms with van der Waals surface area (Å²) in [6, 6.07) is 22.4. The number of aryl methyl sites for hydroxylation is 2. The van der Waals surface area contributed by atoms with E-state index >= 15 is 0 Å². The second kappa shape index (κ2) is 9.21. The predicted molar refractivity (Wildman–Crippen MR) is 149 cm³/mol. The van der Waals surface area contributed by atoms with E-state index in [1.165, 1.54) is 0 Å². The summed E-state index contributed by atoms with van der Waals surface area (Å²) >= 11 is 0. The monoisotopic (exact) mass is 518 g/mol. The van der Waals surface area contributed by atoms with Gasteiger partial charge in [0.05, 0.1) is 11.1 Å². The number of rotatable bonds is 5. The van der Waals surface area contributed by atoms with Crippen LogP contribution in [0.1, 0.15) is 49.9 Å². The number of ether oxygens (including phenoxy) is 3. The molecular formula is C34H30O5. The van der Waals surface area contributed by atoms with Crippen molar-refractivity contribution in [2.45, 2.75) is 38.6 Å². The molecule has 3 aromatic rings. The Morgan fingerprint density at radius 2 is 1.36 bits per heavy atom. The molecule has 5 nitrogen and oxygen atoms in total. The largest absolute Gasteiger partial charge is 0.451 e. The molecule has 0 fully saturated rings. The average Bonchev–Trinajstić information content (AvgIpc) is 2.94. The van der Waals surface area contributed by atoms with Crippen LogP contribution in [-0.2, 0) is 19.8 Å². The Morgan fingerprint density at radius 1 is 0.769 bits per heavy atom. The van der Waals surface area contributed by atoms with Crippen molar-refractivity contribution in [2.24, 2.45) is 5.41 Å². The number of carbonyl (C=O) groups is 2. The first kappa shape index (κ1) is 25.1. The van der Waals surface area contributed by atoms with Crippen molar-refractivity contribution in [3.05, 3.63) is 136 Å². The van der Waals surface area contributed by atoms with Crippen molar-refractivity contribution >= 4 is 17.5 Å². The van der Waals surface area contributed by atoms with Crippen molar-refractivity contribution < 1.29 is 23.8 Å². The molecule has 0 aliphatic heterocycles. The Balaban J connectivity index is 1.54. The zero-order chi connectivity index (χ0) is 27.4. The lowest BCUT2D eigenvalue weighted by molar-refractivity contribution is -0.191. The number of carbonyl (C=O) groups excluding carboxylic acids is 2. The minimum absolute atomic E-state index is 0.420. The first-order valence-corrected chi connectivity index (χ1v) is 13.1. The van der Waals surface area contributed by atoms with Gasteiger partial charge in [-0.3, -0.25) is 0 Å². The van der Waals surface area contributed by atoms with Crippen LogP contribution >= 0.6 is 0 Å². The van der Waals surface area contributed by atoms with E-state index in [4.69, 9.17) is 14.2 Å². The van der Waals surface area contributed by atoms with E-state index in [1.54, 1.807) is 31.4 Å². The molecule has 196 valence electrons. The molecule has 3 aromatic carbocycles. The highest BCUT2D eigenvalue weighted by molar-refractivity contribution is 5.94. The molecule has 4 aliphatic rings. The Labute approximate surface area is 228 Å². The van der Waals surface area contributed by atoms with Crippen LogP contribution in [0.15, 0.2) is 103 Å². The third-order valence-electron chi connectivity index (χ3n) is 8.37. The molecule has 39 heavy (non-hydrogen) atoms. The highest BCUT2D eigenvalue weighted by Gasteiger charge is 2.68. The van der Waals surface area contributed by atoms with Crippen LogP contribution in [0.25, 0.3) is 5.57 Å². The summed E-state index contributed by atoms with van der Waals surface area (Å²) in [6.07, 6.45) is 6.27. The lowest BCUT2D eigenvalue weighted by atomic mass is 9.50. The minimum atomic E-state index is -1.15. The molecule has 5 heteroatoms. The van der Waals surface area contributed by atoms with E-state index < -0.39 is 35.2 Å². The van der Waals surface area contributed by atoms with Crippen LogP contribution in [0.3, 0.4) is 0 Å². The maximum absolute atomic E-state index is 13.6. The third kappa shape index (κ3) is 3.64. The molecular weight excluding hydrogens is 488 g/mol. The highest BCUT2D eigenvalue weighted by Crippen LogP contribution is 2.65. The van der Waals surface area contributed by atoms with Gasteiger partial charge in [-0.05, 0) is 61.7 Å². The highest BCUT2D eigenvalue weighted by atomic mass is 16.6. The fourth-order valence-electron chi connectivity index (χ4n) is 6.39. The van der Waals surface area contributed by atoms with Gasteiger partial charge in [-0.25, -0.2) is 9.59 Å². The second-order valence-electron chi connectivity index (χ2n) is 10.6. The maximum Gasteiger partial charge on any atom is 0.338 e. The van der Waals surface area contributed by atoms with E-state index in [9.17, 15) is 9.59 Å². The molecule has 0 saturated carbocycles. The van der Waals surface area contributed by atoms with Gasteiger partial charge in [0, 0.05) is 18.1 Å². The van der Waals surface area contributed by atoms with Gasteiger partial charge in [0.1, 0.15) is 5.60 Å². The Kier molecular flexibility index (Phi) is 5.92. The molecule has 7 rings (SSSR count). The molecule has 0 N–H and O–H groups in total. The van der Waals surface area contributed by atoms with Gasteiger partial charge in [-0.1, -0.05) is 84.0 Å². The van der Waals surface area contributed by atoms with Crippen molar-refractivity contribution in [1.29, 1.82) is 0 Å². The van der Waals surface area contributed by atoms with E-state index in [-0.39, 0.29) is 0 Å². The van der Waals surface area contributed by atoms with Gasteiger partial charge in [-0.2, -0.15) is 0 Å².